The van der Waals surface area contributed by atoms with Crippen LogP contribution in [0.2, 0.25) is 5.02 Å². The van der Waals surface area contributed by atoms with Gasteiger partial charge in [0.05, 0.1) is 16.8 Å². The van der Waals surface area contributed by atoms with Gasteiger partial charge in [0.2, 0.25) is 0 Å². The van der Waals surface area contributed by atoms with E-state index in [9.17, 15) is 29.3 Å². The minimum Gasteiger partial charge on any atom is -0.292 e. The van der Waals surface area contributed by atoms with E-state index in [1.54, 1.807) is 0 Å². The minimum absolute atomic E-state index is 0.104. The van der Waals surface area contributed by atoms with Crippen LogP contribution in [0.1, 0.15) is 33.6 Å². The lowest BCUT2D eigenvalue weighted by atomic mass is 9.85. The molecule has 2 aromatic rings. The van der Waals surface area contributed by atoms with Gasteiger partial charge in [0.1, 0.15) is 6.54 Å². The third-order valence-electron chi connectivity index (χ3n) is 5.74. The number of allylic oxidation sites excluding steroid dienone is 2. The summed E-state index contributed by atoms with van der Waals surface area (Å²) >= 11 is 5.90. The Morgan fingerprint density at radius 1 is 0.939 bits per heavy atom. The van der Waals surface area contributed by atoms with Crippen LogP contribution in [0, 0.1) is 22.0 Å². The molecule has 1 heterocycles. The molecule has 1 fully saturated rings. The number of hydrogen-bond acceptors (Lipinski definition) is 6. The first-order chi connectivity index (χ1) is 15.8. The molecule has 1 aliphatic carbocycles. The molecule has 9 nitrogen and oxygen atoms in total. The van der Waals surface area contributed by atoms with E-state index in [-0.39, 0.29) is 16.8 Å². The number of non-ortho nitro benzene ring substituents is 1. The highest BCUT2D eigenvalue weighted by molar-refractivity contribution is 6.30. The lowest BCUT2D eigenvalue weighted by molar-refractivity contribution is -0.384. The van der Waals surface area contributed by atoms with Crippen molar-refractivity contribution in [3.05, 3.63) is 86.9 Å². The van der Waals surface area contributed by atoms with Crippen molar-refractivity contribution >= 4 is 40.8 Å². The van der Waals surface area contributed by atoms with E-state index in [4.69, 9.17) is 11.6 Å². The van der Waals surface area contributed by atoms with Crippen LogP contribution in [0.3, 0.4) is 0 Å². The number of carbonyl (C=O) groups excluding carboxylic acids is 4. The number of nitro groups is 1. The summed E-state index contributed by atoms with van der Waals surface area (Å²) in [6.07, 6.45) is 4.41. The second-order valence-electron chi connectivity index (χ2n) is 7.74. The smallest absolute Gasteiger partial charge is 0.273 e. The van der Waals surface area contributed by atoms with Gasteiger partial charge in [-0.15, -0.1) is 0 Å². The fraction of sp³-hybridized carbons (Fsp3) is 0.217. The normalized spacial score (nSPS) is 19.4. The van der Waals surface area contributed by atoms with Crippen molar-refractivity contribution in [1.29, 1.82) is 0 Å². The molecule has 0 saturated carbocycles. The highest BCUT2D eigenvalue weighted by atomic mass is 35.5. The van der Waals surface area contributed by atoms with Gasteiger partial charge in [0.25, 0.3) is 23.4 Å². The average Bonchev–Trinajstić information content (AvgIpc) is 3.07. The molecule has 3 amide bonds. The molecule has 4 rings (SSSR count). The van der Waals surface area contributed by atoms with Crippen LogP contribution in [0.4, 0.5) is 5.69 Å². The summed E-state index contributed by atoms with van der Waals surface area (Å²) in [6, 6.07) is 10.7. The van der Waals surface area contributed by atoms with Crippen molar-refractivity contribution in [2.45, 2.75) is 12.8 Å². The molecule has 0 N–H and O–H groups in total. The van der Waals surface area contributed by atoms with Crippen LogP contribution in [0.15, 0.2) is 60.7 Å². The molecule has 1 saturated heterocycles. The number of nitrogens with zero attached hydrogens (tertiary/aromatic N) is 3. The molecule has 0 bridgehead atoms. The van der Waals surface area contributed by atoms with E-state index in [2.05, 4.69) is 0 Å². The summed E-state index contributed by atoms with van der Waals surface area (Å²) in [4.78, 5) is 62.7. The van der Waals surface area contributed by atoms with Crippen LogP contribution in [0.5, 0.6) is 0 Å². The predicted octanol–water partition coefficient (Wildman–Crippen LogP) is 3.44. The molecular weight excluding hydrogens is 450 g/mol. The Labute approximate surface area is 193 Å². The van der Waals surface area contributed by atoms with E-state index in [0.717, 1.165) is 10.0 Å². The van der Waals surface area contributed by atoms with Crippen molar-refractivity contribution in [3.63, 3.8) is 0 Å². The van der Waals surface area contributed by atoms with E-state index < -0.39 is 46.8 Å². The number of imide groups is 1. The van der Waals surface area contributed by atoms with Gasteiger partial charge >= 0.3 is 0 Å². The first kappa shape index (κ1) is 22.3. The zero-order valence-electron chi connectivity index (χ0n) is 17.2. The average molecular weight is 468 g/mol. The Kier molecular flexibility index (Phi) is 6.06. The predicted molar refractivity (Wildman–Crippen MR) is 117 cm³/mol. The monoisotopic (exact) mass is 467 g/mol. The molecule has 0 spiro atoms. The summed E-state index contributed by atoms with van der Waals surface area (Å²) in [6.45, 7) is -0.594. The van der Waals surface area contributed by atoms with Gasteiger partial charge in [-0.3, -0.25) is 29.3 Å². The molecule has 2 aliphatic rings. The van der Waals surface area contributed by atoms with Gasteiger partial charge in [-0.1, -0.05) is 23.8 Å². The molecule has 0 radical (unpaired) electrons. The van der Waals surface area contributed by atoms with Gasteiger partial charge < -0.3 is 0 Å². The number of Topliss-reactive ketones (excluding diaryl/α,β-unsaturated/α-hetero) is 1. The zero-order valence-corrected chi connectivity index (χ0v) is 18.0. The van der Waals surface area contributed by atoms with Crippen LogP contribution < -0.4 is 0 Å². The van der Waals surface area contributed by atoms with E-state index in [0.29, 0.717) is 17.9 Å². The first-order valence-electron chi connectivity index (χ1n) is 10.2. The molecular formula is C23H18ClN3O6. The number of hydrazine groups is 1. The number of rotatable bonds is 6. The number of nitro benzene ring substituents is 1. The summed E-state index contributed by atoms with van der Waals surface area (Å²) in [5.41, 5.74) is 0.0549. The zero-order chi connectivity index (χ0) is 23.7. The maximum atomic E-state index is 13.3. The number of hydrogen-bond donors (Lipinski definition) is 0. The minimum atomic E-state index is -0.713. The van der Waals surface area contributed by atoms with Crippen molar-refractivity contribution in [2.24, 2.45) is 11.8 Å². The number of halogens is 1. The van der Waals surface area contributed by atoms with Crippen molar-refractivity contribution in [3.8, 4) is 0 Å². The van der Waals surface area contributed by atoms with Crippen LogP contribution in [-0.2, 0) is 9.59 Å². The van der Waals surface area contributed by atoms with Gasteiger partial charge in [0, 0.05) is 28.3 Å². The highest BCUT2D eigenvalue weighted by Crippen LogP contribution is 2.36. The summed E-state index contributed by atoms with van der Waals surface area (Å²) in [5.74, 6) is -3.53. The third kappa shape index (κ3) is 4.27. The van der Waals surface area contributed by atoms with Gasteiger partial charge in [-0.2, -0.15) is 5.01 Å². The highest BCUT2D eigenvalue weighted by Gasteiger charge is 2.51. The molecule has 1 aliphatic heterocycles. The standard InChI is InChI=1S/C23H18ClN3O6/c24-16-9-5-15(6-10-16)21(29)25(13-20(28)14-7-11-17(12-8-14)27(32)33)26-22(30)18-3-1-2-4-19(18)23(26)31/h1-2,5-12,18-19H,3-4,13H2/t18-,19-/m1/s1. The van der Waals surface area contributed by atoms with Crippen molar-refractivity contribution in [1.82, 2.24) is 10.0 Å². The number of ketones is 1. The maximum absolute atomic E-state index is 13.3. The Morgan fingerprint density at radius 3 is 1.97 bits per heavy atom. The van der Waals surface area contributed by atoms with E-state index in [1.165, 1.54) is 48.5 Å². The molecule has 33 heavy (non-hydrogen) atoms. The second-order valence-corrected chi connectivity index (χ2v) is 8.18. The quantitative estimate of drug-likeness (QED) is 0.211. The third-order valence-corrected chi connectivity index (χ3v) is 6.00. The maximum Gasteiger partial charge on any atom is 0.273 e. The van der Waals surface area contributed by atoms with Crippen LogP contribution in [0.25, 0.3) is 0 Å². The largest absolute Gasteiger partial charge is 0.292 e. The van der Waals surface area contributed by atoms with Crippen LogP contribution in [-0.4, -0.2) is 45.0 Å². The molecule has 0 unspecified atom stereocenters. The molecule has 10 heteroatoms. The Bertz CT molecular complexity index is 1150. The Morgan fingerprint density at radius 2 is 1.45 bits per heavy atom. The van der Waals surface area contributed by atoms with Gasteiger partial charge in [-0.25, -0.2) is 5.01 Å². The van der Waals surface area contributed by atoms with Gasteiger partial charge in [0.15, 0.2) is 5.78 Å². The lowest BCUT2D eigenvalue weighted by Gasteiger charge is -2.30. The van der Waals surface area contributed by atoms with E-state index >= 15 is 0 Å². The molecule has 168 valence electrons. The fourth-order valence-corrected chi connectivity index (χ4v) is 4.12. The summed E-state index contributed by atoms with van der Waals surface area (Å²) < 4.78 is 0. The lowest BCUT2D eigenvalue weighted by Crippen LogP contribution is -2.52. The van der Waals surface area contributed by atoms with Crippen LogP contribution >= 0.6 is 11.6 Å². The SMILES string of the molecule is O=C(CN(C(=O)c1ccc(Cl)cc1)N1C(=O)[C@@H]2CC=CC[C@H]2C1=O)c1ccc([N+](=O)[O-])cc1. The number of benzene rings is 2. The number of amides is 3. The number of fused-ring (bicyclic) bond motifs is 1. The topological polar surface area (TPSA) is 118 Å². The Balaban J connectivity index is 1.67. The molecule has 2 aromatic carbocycles. The molecule has 0 aromatic heterocycles. The van der Waals surface area contributed by atoms with E-state index in [1.807, 2.05) is 12.2 Å². The second kappa shape index (κ2) is 8.95. The van der Waals surface area contributed by atoms with Crippen molar-refractivity contribution < 1.29 is 24.1 Å². The molecule has 2 atom stereocenters. The summed E-state index contributed by atoms with van der Waals surface area (Å²) in [5, 5.41) is 12.9. The fourth-order valence-electron chi connectivity index (χ4n) is 3.99. The Hall–Kier alpha value is -3.85. The first-order valence-corrected chi connectivity index (χ1v) is 10.5. The number of carbonyl (C=O) groups is 4. The van der Waals surface area contributed by atoms with Gasteiger partial charge in [-0.05, 0) is 49.2 Å². The summed E-state index contributed by atoms with van der Waals surface area (Å²) in [7, 11) is 0. The van der Waals surface area contributed by atoms with Crippen molar-refractivity contribution in [2.75, 3.05) is 6.54 Å².